The van der Waals surface area contributed by atoms with Gasteiger partial charge in [-0.25, -0.2) is 4.79 Å². The summed E-state index contributed by atoms with van der Waals surface area (Å²) in [6.45, 7) is 7.07. The Labute approximate surface area is 102 Å². The molecule has 1 saturated carbocycles. The molecule has 1 aliphatic carbocycles. The molecule has 2 rings (SSSR count). The van der Waals surface area contributed by atoms with E-state index in [0.717, 1.165) is 38.6 Å². The highest BCUT2D eigenvalue weighted by molar-refractivity contribution is 5.68. The first kappa shape index (κ1) is 12.4. The number of hydrogen-bond acceptors (Lipinski definition) is 3. The molecule has 1 unspecified atom stereocenters. The largest absolute Gasteiger partial charge is 0.444 e. The Kier molecular flexibility index (Phi) is 2.92. The van der Waals surface area contributed by atoms with Crippen LogP contribution in [0.4, 0.5) is 4.79 Å². The van der Waals surface area contributed by atoms with Crippen molar-refractivity contribution in [2.24, 2.45) is 11.3 Å². The van der Waals surface area contributed by atoms with E-state index in [1.807, 2.05) is 20.8 Å². The summed E-state index contributed by atoms with van der Waals surface area (Å²) in [6, 6.07) is 0. The molecular formula is C13H21NO3. The van der Waals surface area contributed by atoms with Crippen LogP contribution in [0.3, 0.4) is 0 Å². The van der Waals surface area contributed by atoms with Gasteiger partial charge in [0.15, 0.2) is 0 Å². The van der Waals surface area contributed by atoms with Crippen molar-refractivity contribution < 1.29 is 14.3 Å². The summed E-state index contributed by atoms with van der Waals surface area (Å²) in [6.07, 6.45) is 3.74. The molecule has 4 nitrogen and oxygen atoms in total. The topological polar surface area (TPSA) is 46.6 Å². The third-order valence-corrected chi connectivity index (χ3v) is 3.83. The van der Waals surface area contributed by atoms with E-state index in [0.29, 0.717) is 0 Å². The van der Waals surface area contributed by atoms with Crippen LogP contribution in [-0.4, -0.2) is 36.0 Å². The van der Waals surface area contributed by atoms with Crippen LogP contribution in [0.2, 0.25) is 0 Å². The zero-order chi connectivity index (χ0) is 12.7. The zero-order valence-corrected chi connectivity index (χ0v) is 10.9. The molecule has 2 fully saturated rings. The third-order valence-electron chi connectivity index (χ3n) is 3.83. The summed E-state index contributed by atoms with van der Waals surface area (Å²) in [7, 11) is 0. The van der Waals surface area contributed by atoms with E-state index < -0.39 is 5.60 Å². The zero-order valence-electron chi connectivity index (χ0n) is 10.9. The molecule has 0 bridgehead atoms. The predicted molar refractivity (Wildman–Crippen MR) is 63.6 cm³/mol. The number of rotatable bonds is 1. The number of ether oxygens (including phenoxy) is 1. The molecule has 4 heteroatoms. The molecule has 17 heavy (non-hydrogen) atoms. The summed E-state index contributed by atoms with van der Waals surface area (Å²) in [4.78, 5) is 24.3. The van der Waals surface area contributed by atoms with Gasteiger partial charge in [-0.15, -0.1) is 0 Å². The maximum atomic E-state index is 11.8. The van der Waals surface area contributed by atoms with E-state index in [2.05, 4.69) is 0 Å². The summed E-state index contributed by atoms with van der Waals surface area (Å²) >= 11 is 0. The smallest absolute Gasteiger partial charge is 0.410 e. The predicted octanol–water partition coefficient (Wildman–Crippen LogP) is 2.22. The van der Waals surface area contributed by atoms with Crippen molar-refractivity contribution in [2.45, 2.75) is 45.6 Å². The van der Waals surface area contributed by atoms with Crippen LogP contribution in [-0.2, 0) is 9.53 Å². The van der Waals surface area contributed by atoms with E-state index in [4.69, 9.17) is 4.74 Å². The van der Waals surface area contributed by atoms with Gasteiger partial charge < -0.3 is 14.4 Å². The normalized spacial score (nSPS) is 26.8. The van der Waals surface area contributed by atoms with Gasteiger partial charge in [-0.1, -0.05) is 0 Å². The summed E-state index contributed by atoms with van der Waals surface area (Å²) in [5.74, 6) is 0.239. The molecule has 96 valence electrons. The number of aldehydes is 1. The Morgan fingerprint density at radius 1 is 1.35 bits per heavy atom. The molecule has 1 spiro atoms. The van der Waals surface area contributed by atoms with Gasteiger partial charge in [0.05, 0.1) is 0 Å². The fourth-order valence-corrected chi connectivity index (χ4v) is 2.61. The lowest BCUT2D eigenvalue weighted by Gasteiger charge is -2.33. The average Bonchev–Trinajstić information content (AvgIpc) is 2.90. The van der Waals surface area contributed by atoms with E-state index in [1.165, 1.54) is 0 Å². The Hall–Kier alpha value is -1.06. The molecule has 1 saturated heterocycles. The Morgan fingerprint density at radius 3 is 2.35 bits per heavy atom. The van der Waals surface area contributed by atoms with E-state index in [9.17, 15) is 9.59 Å². The highest BCUT2D eigenvalue weighted by Crippen LogP contribution is 2.58. The van der Waals surface area contributed by atoms with Gasteiger partial charge in [0, 0.05) is 19.0 Å². The van der Waals surface area contributed by atoms with Crippen LogP contribution in [0.1, 0.15) is 40.0 Å². The molecule has 0 N–H and O–H groups in total. The van der Waals surface area contributed by atoms with Crippen LogP contribution < -0.4 is 0 Å². The number of hydrogen-bond donors (Lipinski definition) is 0. The number of likely N-dealkylation sites (tertiary alicyclic amines) is 1. The molecule has 1 amide bonds. The lowest BCUT2D eigenvalue weighted by molar-refractivity contribution is -0.109. The Balaban J connectivity index is 1.83. The van der Waals surface area contributed by atoms with Gasteiger partial charge in [0.2, 0.25) is 0 Å². The Bertz CT molecular complexity index is 324. The quantitative estimate of drug-likeness (QED) is 0.659. The first-order valence-corrected chi connectivity index (χ1v) is 6.30. The van der Waals surface area contributed by atoms with Gasteiger partial charge in [-0.3, -0.25) is 0 Å². The maximum absolute atomic E-state index is 11.8. The second kappa shape index (κ2) is 4.00. The van der Waals surface area contributed by atoms with Crippen molar-refractivity contribution in [3.63, 3.8) is 0 Å². The van der Waals surface area contributed by atoms with Crippen molar-refractivity contribution in [1.82, 2.24) is 4.90 Å². The molecule has 2 aliphatic rings. The van der Waals surface area contributed by atoms with Crippen molar-refractivity contribution in [3.05, 3.63) is 0 Å². The van der Waals surface area contributed by atoms with Gasteiger partial charge in [0.1, 0.15) is 11.9 Å². The van der Waals surface area contributed by atoms with E-state index >= 15 is 0 Å². The van der Waals surface area contributed by atoms with Crippen molar-refractivity contribution in [1.29, 1.82) is 0 Å². The molecule has 0 aromatic rings. The molecule has 0 aromatic carbocycles. The van der Waals surface area contributed by atoms with Gasteiger partial charge in [-0.05, 0) is 45.4 Å². The number of carbonyl (C=O) groups is 2. The van der Waals surface area contributed by atoms with Crippen LogP contribution in [0.25, 0.3) is 0 Å². The van der Waals surface area contributed by atoms with Crippen LogP contribution in [0, 0.1) is 11.3 Å². The number of carbonyl (C=O) groups excluding carboxylic acids is 2. The summed E-state index contributed by atoms with van der Waals surface area (Å²) in [5, 5.41) is 0. The fourth-order valence-electron chi connectivity index (χ4n) is 2.61. The average molecular weight is 239 g/mol. The number of piperidine rings is 1. The van der Waals surface area contributed by atoms with Crippen LogP contribution >= 0.6 is 0 Å². The van der Waals surface area contributed by atoms with E-state index in [1.54, 1.807) is 4.90 Å². The minimum Gasteiger partial charge on any atom is -0.444 e. The monoisotopic (exact) mass is 239 g/mol. The summed E-state index contributed by atoms with van der Waals surface area (Å²) in [5.41, 5.74) is -0.211. The highest BCUT2D eigenvalue weighted by atomic mass is 16.6. The second-order valence-electron chi connectivity index (χ2n) is 6.28. The maximum Gasteiger partial charge on any atom is 0.410 e. The van der Waals surface area contributed by atoms with E-state index in [-0.39, 0.29) is 17.4 Å². The van der Waals surface area contributed by atoms with Crippen LogP contribution in [0.5, 0.6) is 0 Å². The minimum atomic E-state index is -0.433. The Morgan fingerprint density at radius 2 is 1.94 bits per heavy atom. The molecule has 1 aliphatic heterocycles. The van der Waals surface area contributed by atoms with Crippen molar-refractivity contribution in [2.75, 3.05) is 13.1 Å². The number of nitrogens with zero attached hydrogens (tertiary/aromatic N) is 1. The molecule has 0 aromatic heterocycles. The van der Waals surface area contributed by atoms with Crippen LogP contribution in [0.15, 0.2) is 0 Å². The van der Waals surface area contributed by atoms with Gasteiger partial charge in [-0.2, -0.15) is 0 Å². The van der Waals surface area contributed by atoms with Crippen molar-refractivity contribution in [3.8, 4) is 0 Å². The van der Waals surface area contributed by atoms with Crippen molar-refractivity contribution >= 4 is 12.4 Å². The fraction of sp³-hybridized carbons (Fsp3) is 0.846. The first-order valence-electron chi connectivity index (χ1n) is 6.30. The first-order chi connectivity index (χ1) is 7.86. The SMILES string of the molecule is CC(C)(C)OC(=O)N1CCC2(CC1)CC2C=O. The number of amides is 1. The molecular weight excluding hydrogens is 218 g/mol. The molecule has 1 atom stereocenters. The lowest BCUT2D eigenvalue weighted by atomic mass is 9.91. The summed E-state index contributed by atoms with van der Waals surface area (Å²) < 4.78 is 5.34. The van der Waals surface area contributed by atoms with Gasteiger partial charge >= 0.3 is 6.09 Å². The molecule has 1 heterocycles. The molecule has 0 radical (unpaired) electrons. The lowest BCUT2D eigenvalue weighted by Crippen LogP contribution is -2.42. The third kappa shape index (κ3) is 2.61. The minimum absolute atomic E-state index is 0.222. The second-order valence-corrected chi connectivity index (χ2v) is 6.28. The highest BCUT2D eigenvalue weighted by Gasteiger charge is 2.55. The standard InChI is InChI=1S/C13H21NO3/c1-12(2,3)17-11(16)14-6-4-13(5-7-14)8-10(13)9-15/h9-10H,4-8H2,1-3H3. The van der Waals surface area contributed by atoms with Gasteiger partial charge in [0.25, 0.3) is 0 Å².